The van der Waals surface area contributed by atoms with Gasteiger partial charge < -0.3 is 16.2 Å². The molecule has 102 valence electrons. The topological polar surface area (TPSA) is 71.2 Å². The molecule has 3 aromatic rings. The molecule has 0 bridgehead atoms. The van der Waals surface area contributed by atoms with Crippen LogP contribution in [0.15, 0.2) is 47.4 Å². The van der Waals surface area contributed by atoms with E-state index in [1.165, 1.54) is 0 Å². The molecule has 0 amide bonds. The minimum Gasteiger partial charge on any atom is -0.397 e. The van der Waals surface area contributed by atoms with Gasteiger partial charge in [-0.05, 0) is 34.5 Å². The zero-order valence-corrected chi connectivity index (χ0v) is 11.6. The smallest absolute Gasteiger partial charge is 0.0970 e. The number of aromatic nitrogens is 1. The molecule has 0 aliphatic heterocycles. The number of nitrogen functional groups attached to an aromatic ring is 1. The van der Waals surface area contributed by atoms with Gasteiger partial charge in [0, 0.05) is 29.7 Å². The SMILES string of the molecule is Nc1c(NCC(O)c2ccsc2)ccc2cnccc12. The molecule has 1 aromatic carbocycles. The summed E-state index contributed by atoms with van der Waals surface area (Å²) in [5.41, 5.74) is 8.59. The van der Waals surface area contributed by atoms with Gasteiger partial charge >= 0.3 is 0 Å². The van der Waals surface area contributed by atoms with Crippen molar-refractivity contribution in [2.75, 3.05) is 17.6 Å². The van der Waals surface area contributed by atoms with Crippen LogP contribution in [0.5, 0.6) is 0 Å². The Bertz CT molecular complexity index is 712. The lowest BCUT2D eigenvalue weighted by Gasteiger charge is -2.14. The molecule has 0 radical (unpaired) electrons. The molecule has 20 heavy (non-hydrogen) atoms. The van der Waals surface area contributed by atoms with Gasteiger partial charge in [0.15, 0.2) is 0 Å². The Hall–Kier alpha value is -2.11. The fraction of sp³-hybridized carbons (Fsp3) is 0.133. The molecule has 0 aliphatic rings. The number of fused-ring (bicyclic) bond motifs is 1. The molecule has 0 spiro atoms. The number of aliphatic hydroxyl groups excluding tert-OH is 1. The monoisotopic (exact) mass is 285 g/mol. The van der Waals surface area contributed by atoms with Crippen LogP contribution in [0.4, 0.5) is 11.4 Å². The number of thiophene rings is 1. The number of rotatable bonds is 4. The van der Waals surface area contributed by atoms with Crippen LogP contribution in [0.1, 0.15) is 11.7 Å². The fourth-order valence-corrected chi connectivity index (χ4v) is 2.84. The first-order chi connectivity index (χ1) is 9.75. The van der Waals surface area contributed by atoms with Crippen molar-refractivity contribution < 1.29 is 5.11 Å². The lowest BCUT2D eigenvalue weighted by atomic mass is 10.1. The molecule has 0 saturated carbocycles. The van der Waals surface area contributed by atoms with E-state index < -0.39 is 6.10 Å². The van der Waals surface area contributed by atoms with Gasteiger partial charge in [-0.1, -0.05) is 6.07 Å². The minimum atomic E-state index is -0.534. The van der Waals surface area contributed by atoms with Crippen LogP contribution in [0.2, 0.25) is 0 Å². The highest BCUT2D eigenvalue weighted by molar-refractivity contribution is 7.07. The predicted octanol–water partition coefficient (Wildman–Crippen LogP) is 3.02. The Labute approximate surface area is 120 Å². The second kappa shape index (κ2) is 5.48. The van der Waals surface area contributed by atoms with Gasteiger partial charge in [-0.3, -0.25) is 4.98 Å². The van der Waals surface area contributed by atoms with E-state index >= 15 is 0 Å². The summed E-state index contributed by atoms with van der Waals surface area (Å²) in [5, 5.41) is 19.1. The van der Waals surface area contributed by atoms with E-state index in [1.54, 1.807) is 23.7 Å². The van der Waals surface area contributed by atoms with Crippen molar-refractivity contribution in [3.8, 4) is 0 Å². The van der Waals surface area contributed by atoms with Gasteiger partial charge in [-0.25, -0.2) is 0 Å². The molecular formula is C15H15N3OS. The quantitative estimate of drug-likeness (QED) is 0.644. The highest BCUT2D eigenvalue weighted by Gasteiger charge is 2.09. The van der Waals surface area contributed by atoms with Gasteiger partial charge in [-0.15, -0.1) is 0 Å². The first-order valence-electron chi connectivity index (χ1n) is 6.32. The first kappa shape index (κ1) is 12.9. The van der Waals surface area contributed by atoms with Gasteiger partial charge in [0.05, 0.1) is 17.5 Å². The molecule has 2 aromatic heterocycles. The summed E-state index contributed by atoms with van der Waals surface area (Å²) in [6.45, 7) is 0.428. The van der Waals surface area contributed by atoms with Gasteiger partial charge in [-0.2, -0.15) is 11.3 Å². The van der Waals surface area contributed by atoms with Crippen molar-refractivity contribution >= 4 is 33.5 Å². The van der Waals surface area contributed by atoms with Crippen molar-refractivity contribution in [3.63, 3.8) is 0 Å². The Morgan fingerprint density at radius 3 is 3.00 bits per heavy atom. The summed E-state index contributed by atoms with van der Waals surface area (Å²) < 4.78 is 0. The first-order valence-corrected chi connectivity index (χ1v) is 7.26. The standard InChI is InChI=1S/C15H15N3OS/c16-15-12-3-5-17-7-10(12)1-2-13(15)18-8-14(19)11-4-6-20-9-11/h1-7,9,14,18-19H,8,16H2. The molecule has 3 rings (SSSR count). The third-order valence-electron chi connectivity index (χ3n) is 3.28. The third kappa shape index (κ3) is 2.45. The van der Waals surface area contributed by atoms with Crippen LogP contribution in [-0.4, -0.2) is 16.6 Å². The maximum atomic E-state index is 10.1. The molecule has 2 heterocycles. The van der Waals surface area contributed by atoms with Crippen LogP contribution in [0.25, 0.3) is 10.8 Å². The van der Waals surface area contributed by atoms with Crippen LogP contribution in [0, 0.1) is 0 Å². The molecule has 0 saturated heterocycles. The average Bonchev–Trinajstić information content (AvgIpc) is 3.01. The molecule has 0 aliphatic carbocycles. The molecule has 0 fully saturated rings. The summed E-state index contributed by atoms with van der Waals surface area (Å²) in [6, 6.07) is 7.70. The number of benzene rings is 1. The zero-order valence-electron chi connectivity index (χ0n) is 10.8. The average molecular weight is 285 g/mol. The number of nitrogens with one attached hydrogen (secondary N) is 1. The Balaban J connectivity index is 1.79. The predicted molar refractivity (Wildman–Crippen MR) is 83.9 cm³/mol. The van der Waals surface area contributed by atoms with Crippen molar-refractivity contribution in [1.29, 1.82) is 0 Å². The second-order valence-electron chi connectivity index (χ2n) is 4.58. The number of hydrogen-bond donors (Lipinski definition) is 3. The normalized spacial score (nSPS) is 12.4. The molecule has 1 atom stereocenters. The van der Waals surface area contributed by atoms with Crippen LogP contribution < -0.4 is 11.1 Å². The van der Waals surface area contributed by atoms with Crippen molar-refractivity contribution in [3.05, 3.63) is 53.0 Å². The second-order valence-corrected chi connectivity index (χ2v) is 5.36. The van der Waals surface area contributed by atoms with Gasteiger partial charge in [0.25, 0.3) is 0 Å². The number of nitrogens with zero attached hydrogens (tertiary/aromatic N) is 1. The van der Waals surface area contributed by atoms with E-state index in [-0.39, 0.29) is 0 Å². The summed E-state index contributed by atoms with van der Waals surface area (Å²) >= 11 is 1.58. The molecule has 4 nitrogen and oxygen atoms in total. The van der Waals surface area contributed by atoms with Crippen molar-refractivity contribution in [1.82, 2.24) is 4.98 Å². The van der Waals surface area contributed by atoms with E-state index in [1.807, 2.05) is 35.0 Å². The summed E-state index contributed by atoms with van der Waals surface area (Å²) in [5.74, 6) is 0. The van der Waals surface area contributed by atoms with E-state index in [0.29, 0.717) is 12.2 Å². The van der Waals surface area contributed by atoms with Crippen molar-refractivity contribution in [2.45, 2.75) is 6.10 Å². The number of pyridine rings is 1. The van der Waals surface area contributed by atoms with Gasteiger partial charge in [0.1, 0.15) is 0 Å². The van der Waals surface area contributed by atoms with E-state index in [4.69, 9.17) is 5.73 Å². The zero-order chi connectivity index (χ0) is 13.9. The minimum absolute atomic E-state index is 0.428. The van der Waals surface area contributed by atoms with Crippen LogP contribution in [-0.2, 0) is 0 Å². The summed E-state index contributed by atoms with van der Waals surface area (Å²) in [7, 11) is 0. The lowest BCUT2D eigenvalue weighted by molar-refractivity contribution is 0.192. The maximum Gasteiger partial charge on any atom is 0.0970 e. The molecule has 4 N–H and O–H groups in total. The van der Waals surface area contributed by atoms with E-state index in [9.17, 15) is 5.11 Å². The third-order valence-corrected chi connectivity index (χ3v) is 3.98. The lowest BCUT2D eigenvalue weighted by Crippen LogP contribution is -2.12. The Morgan fingerprint density at radius 2 is 2.20 bits per heavy atom. The Morgan fingerprint density at radius 1 is 1.30 bits per heavy atom. The van der Waals surface area contributed by atoms with E-state index in [2.05, 4.69) is 10.3 Å². The molecule has 1 unspecified atom stereocenters. The Kier molecular flexibility index (Phi) is 3.54. The number of hydrogen-bond acceptors (Lipinski definition) is 5. The fourth-order valence-electron chi connectivity index (χ4n) is 2.14. The molecular weight excluding hydrogens is 270 g/mol. The summed E-state index contributed by atoms with van der Waals surface area (Å²) in [6.07, 6.45) is 2.98. The number of anilines is 2. The van der Waals surface area contributed by atoms with Crippen LogP contribution >= 0.6 is 11.3 Å². The summed E-state index contributed by atoms with van der Waals surface area (Å²) in [4.78, 5) is 4.08. The highest BCUT2D eigenvalue weighted by atomic mass is 32.1. The van der Waals surface area contributed by atoms with E-state index in [0.717, 1.165) is 22.0 Å². The van der Waals surface area contributed by atoms with Crippen molar-refractivity contribution in [2.24, 2.45) is 0 Å². The highest BCUT2D eigenvalue weighted by Crippen LogP contribution is 2.28. The maximum absolute atomic E-state index is 10.1. The number of aliphatic hydroxyl groups is 1. The van der Waals surface area contributed by atoms with Crippen LogP contribution in [0.3, 0.4) is 0 Å². The largest absolute Gasteiger partial charge is 0.397 e. The molecule has 5 heteroatoms. The van der Waals surface area contributed by atoms with Gasteiger partial charge in [0.2, 0.25) is 0 Å². The number of nitrogens with two attached hydrogens (primary N) is 1.